The summed E-state index contributed by atoms with van der Waals surface area (Å²) in [5.74, 6) is -0.318. The van der Waals surface area contributed by atoms with Crippen LogP contribution in [0.2, 0.25) is 0 Å². The molecule has 4 aromatic rings. The zero-order valence-corrected chi connectivity index (χ0v) is 20.4. The molecule has 0 aliphatic rings. The molecule has 0 spiro atoms. The predicted molar refractivity (Wildman–Crippen MR) is 136 cm³/mol. The first-order chi connectivity index (χ1) is 15.5. The Balaban J connectivity index is 1.37. The van der Waals surface area contributed by atoms with E-state index in [0.717, 1.165) is 26.5 Å². The standard InChI is InChI=1S/C23H16Br2N4O2S/c24-17-10-16(21(30)19(25)11-17)12-26-29-22(31)15-6-8-18(9-7-15)27-23-28-20(13-32-23)14-4-2-1-3-5-14/h1-13,30H,(H,27,28)(H,29,31). The Kier molecular flexibility index (Phi) is 6.99. The summed E-state index contributed by atoms with van der Waals surface area (Å²) in [4.78, 5) is 17.0. The summed E-state index contributed by atoms with van der Waals surface area (Å²) in [7, 11) is 0. The number of anilines is 2. The second-order valence-electron chi connectivity index (χ2n) is 6.63. The number of thiazole rings is 1. The van der Waals surface area contributed by atoms with Gasteiger partial charge < -0.3 is 10.4 Å². The number of halogens is 2. The Bertz CT molecular complexity index is 1280. The van der Waals surface area contributed by atoms with Crippen LogP contribution in [0.15, 0.2) is 86.2 Å². The number of carbonyl (C=O) groups excluding carboxylic acids is 1. The summed E-state index contributed by atoms with van der Waals surface area (Å²) in [6, 6.07) is 20.4. The van der Waals surface area contributed by atoms with Gasteiger partial charge in [0.2, 0.25) is 0 Å². The molecule has 1 heterocycles. The number of phenolic OH excluding ortho intramolecular Hbond substituents is 1. The van der Waals surface area contributed by atoms with Crippen LogP contribution in [0.3, 0.4) is 0 Å². The molecular weight excluding hydrogens is 556 g/mol. The maximum Gasteiger partial charge on any atom is 0.271 e. The Hall–Kier alpha value is -3.01. The second kappa shape index (κ2) is 10.1. The minimum atomic E-state index is -0.359. The van der Waals surface area contributed by atoms with Crippen LogP contribution in [0.5, 0.6) is 5.75 Å². The normalized spacial score (nSPS) is 10.9. The molecule has 0 fully saturated rings. The zero-order chi connectivity index (χ0) is 22.5. The molecular formula is C23H16Br2N4O2S. The van der Waals surface area contributed by atoms with E-state index in [2.05, 4.69) is 52.7 Å². The molecule has 3 N–H and O–H groups in total. The fourth-order valence-electron chi connectivity index (χ4n) is 2.81. The summed E-state index contributed by atoms with van der Waals surface area (Å²) in [6.07, 6.45) is 1.38. The van der Waals surface area contributed by atoms with Crippen LogP contribution in [0, 0.1) is 0 Å². The number of nitrogens with zero attached hydrogens (tertiary/aromatic N) is 2. The third kappa shape index (κ3) is 5.42. The first-order valence-electron chi connectivity index (χ1n) is 9.39. The largest absolute Gasteiger partial charge is 0.506 e. The van der Waals surface area contributed by atoms with E-state index in [1.54, 1.807) is 36.4 Å². The van der Waals surface area contributed by atoms with Gasteiger partial charge in [-0.05, 0) is 52.3 Å². The van der Waals surface area contributed by atoms with Crippen molar-refractivity contribution in [2.24, 2.45) is 5.10 Å². The number of hydrazone groups is 1. The summed E-state index contributed by atoms with van der Waals surface area (Å²) in [6.45, 7) is 0. The molecule has 0 unspecified atom stereocenters. The molecule has 4 rings (SSSR count). The zero-order valence-electron chi connectivity index (χ0n) is 16.4. The molecule has 0 saturated carbocycles. The maximum atomic E-state index is 12.3. The Labute approximate surface area is 205 Å². The van der Waals surface area contributed by atoms with Crippen LogP contribution < -0.4 is 10.7 Å². The second-order valence-corrected chi connectivity index (χ2v) is 9.26. The molecule has 0 radical (unpaired) electrons. The van der Waals surface area contributed by atoms with Crippen molar-refractivity contribution in [3.05, 3.63) is 92.2 Å². The van der Waals surface area contributed by atoms with Crippen LogP contribution >= 0.6 is 43.2 Å². The van der Waals surface area contributed by atoms with E-state index < -0.39 is 0 Å². The van der Waals surface area contributed by atoms with Gasteiger partial charge in [-0.3, -0.25) is 4.79 Å². The highest BCUT2D eigenvalue weighted by Crippen LogP contribution is 2.30. The predicted octanol–water partition coefficient (Wildman–Crippen LogP) is 6.55. The number of phenols is 1. The average Bonchev–Trinajstić information content (AvgIpc) is 3.26. The van der Waals surface area contributed by atoms with Gasteiger partial charge in [-0.2, -0.15) is 5.10 Å². The number of rotatable bonds is 6. The van der Waals surface area contributed by atoms with E-state index in [0.29, 0.717) is 15.6 Å². The van der Waals surface area contributed by atoms with Gasteiger partial charge in [0.1, 0.15) is 5.75 Å². The van der Waals surface area contributed by atoms with Crippen molar-refractivity contribution >= 4 is 66.1 Å². The fourth-order valence-corrected chi connectivity index (χ4v) is 4.81. The van der Waals surface area contributed by atoms with Gasteiger partial charge in [0.05, 0.1) is 16.4 Å². The Morgan fingerprint density at radius 1 is 1.06 bits per heavy atom. The van der Waals surface area contributed by atoms with E-state index in [1.807, 2.05) is 35.7 Å². The highest BCUT2D eigenvalue weighted by Gasteiger charge is 2.08. The molecule has 0 aliphatic heterocycles. The molecule has 0 bridgehead atoms. The molecule has 32 heavy (non-hydrogen) atoms. The highest BCUT2D eigenvalue weighted by atomic mass is 79.9. The number of aromatic nitrogens is 1. The van der Waals surface area contributed by atoms with Crippen LogP contribution in [-0.2, 0) is 0 Å². The lowest BCUT2D eigenvalue weighted by molar-refractivity contribution is 0.0955. The molecule has 1 aromatic heterocycles. The van der Waals surface area contributed by atoms with E-state index in [1.165, 1.54) is 17.6 Å². The van der Waals surface area contributed by atoms with Crippen molar-refractivity contribution in [1.82, 2.24) is 10.4 Å². The first-order valence-corrected chi connectivity index (χ1v) is 11.9. The number of hydrogen-bond donors (Lipinski definition) is 3. The number of nitrogens with one attached hydrogen (secondary N) is 2. The van der Waals surface area contributed by atoms with Gasteiger partial charge in [-0.1, -0.05) is 46.3 Å². The number of benzene rings is 3. The number of aromatic hydroxyl groups is 1. The van der Waals surface area contributed by atoms with Crippen molar-refractivity contribution in [3.8, 4) is 17.0 Å². The van der Waals surface area contributed by atoms with E-state index in [9.17, 15) is 9.90 Å². The molecule has 1 amide bonds. The molecule has 160 valence electrons. The molecule has 9 heteroatoms. The van der Waals surface area contributed by atoms with Crippen LogP contribution in [-0.4, -0.2) is 22.2 Å². The molecule has 0 aliphatic carbocycles. The van der Waals surface area contributed by atoms with Crippen LogP contribution in [0.4, 0.5) is 10.8 Å². The van der Waals surface area contributed by atoms with Gasteiger partial charge in [0, 0.05) is 32.2 Å². The summed E-state index contributed by atoms with van der Waals surface area (Å²) in [5, 5.41) is 20.0. The minimum Gasteiger partial charge on any atom is -0.506 e. The highest BCUT2D eigenvalue weighted by molar-refractivity contribution is 9.11. The number of hydrogen-bond acceptors (Lipinski definition) is 6. The van der Waals surface area contributed by atoms with E-state index in [4.69, 9.17) is 0 Å². The maximum absolute atomic E-state index is 12.3. The third-order valence-corrected chi connectivity index (χ3v) is 6.22. The van der Waals surface area contributed by atoms with Crippen molar-refractivity contribution in [2.45, 2.75) is 0 Å². The molecule has 3 aromatic carbocycles. The minimum absolute atomic E-state index is 0.0410. The topological polar surface area (TPSA) is 86.6 Å². The van der Waals surface area contributed by atoms with E-state index in [-0.39, 0.29) is 11.7 Å². The van der Waals surface area contributed by atoms with Crippen molar-refractivity contribution < 1.29 is 9.90 Å². The summed E-state index contributed by atoms with van der Waals surface area (Å²) < 4.78 is 1.30. The third-order valence-electron chi connectivity index (χ3n) is 4.40. The molecule has 0 atom stereocenters. The quantitative estimate of drug-likeness (QED) is 0.181. The number of amides is 1. The smallest absolute Gasteiger partial charge is 0.271 e. The van der Waals surface area contributed by atoms with Gasteiger partial charge >= 0.3 is 0 Å². The Morgan fingerprint density at radius 3 is 2.56 bits per heavy atom. The lowest BCUT2D eigenvalue weighted by Crippen LogP contribution is -2.17. The number of carbonyl (C=O) groups is 1. The van der Waals surface area contributed by atoms with Gasteiger partial charge in [0.15, 0.2) is 5.13 Å². The first kappa shape index (κ1) is 22.2. The summed E-state index contributed by atoms with van der Waals surface area (Å²) in [5.41, 5.74) is 6.18. The van der Waals surface area contributed by atoms with Crippen molar-refractivity contribution in [1.29, 1.82) is 0 Å². The van der Waals surface area contributed by atoms with Crippen molar-refractivity contribution in [3.63, 3.8) is 0 Å². The van der Waals surface area contributed by atoms with Crippen LogP contribution in [0.1, 0.15) is 15.9 Å². The van der Waals surface area contributed by atoms with Crippen LogP contribution in [0.25, 0.3) is 11.3 Å². The molecule has 6 nitrogen and oxygen atoms in total. The molecule has 0 saturated heterocycles. The van der Waals surface area contributed by atoms with Gasteiger partial charge in [-0.25, -0.2) is 10.4 Å². The Morgan fingerprint density at radius 2 is 1.81 bits per heavy atom. The van der Waals surface area contributed by atoms with Gasteiger partial charge in [-0.15, -0.1) is 11.3 Å². The average molecular weight is 572 g/mol. The van der Waals surface area contributed by atoms with Crippen molar-refractivity contribution in [2.75, 3.05) is 5.32 Å². The van der Waals surface area contributed by atoms with E-state index >= 15 is 0 Å². The summed E-state index contributed by atoms with van der Waals surface area (Å²) >= 11 is 8.12. The van der Waals surface area contributed by atoms with Gasteiger partial charge in [0.25, 0.3) is 5.91 Å². The lowest BCUT2D eigenvalue weighted by Gasteiger charge is -2.05. The fraction of sp³-hybridized carbons (Fsp3) is 0. The lowest BCUT2D eigenvalue weighted by atomic mass is 10.2. The SMILES string of the molecule is O=C(NN=Cc1cc(Br)cc(Br)c1O)c1ccc(Nc2nc(-c3ccccc3)cs2)cc1. The monoisotopic (exact) mass is 570 g/mol.